The van der Waals surface area contributed by atoms with E-state index in [0.29, 0.717) is 0 Å². The van der Waals surface area contributed by atoms with Crippen molar-refractivity contribution in [3.63, 3.8) is 0 Å². The van der Waals surface area contributed by atoms with E-state index >= 15 is 0 Å². The molecule has 1 aliphatic rings. The summed E-state index contributed by atoms with van der Waals surface area (Å²) in [5, 5.41) is 2.64. The molecule has 0 radical (unpaired) electrons. The van der Waals surface area contributed by atoms with Crippen LogP contribution in [0, 0.1) is 11.7 Å². The zero-order valence-electron chi connectivity index (χ0n) is 10.7. The molecule has 20 heavy (non-hydrogen) atoms. The molecule has 110 valence electrons. The van der Waals surface area contributed by atoms with Gasteiger partial charge in [0, 0.05) is 19.0 Å². The highest BCUT2D eigenvalue weighted by atomic mass is 32.2. The van der Waals surface area contributed by atoms with Gasteiger partial charge in [0.15, 0.2) is 0 Å². The van der Waals surface area contributed by atoms with Crippen molar-refractivity contribution < 1.29 is 17.6 Å². The van der Waals surface area contributed by atoms with Crippen LogP contribution in [-0.2, 0) is 14.8 Å². The lowest BCUT2D eigenvalue weighted by atomic mass is 10.3. The van der Waals surface area contributed by atoms with Gasteiger partial charge in [-0.05, 0) is 31.0 Å². The summed E-state index contributed by atoms with van der Waals surface area (Å²) in [7, 11) is -3.80. The van der Waals surface area contributed by atoms with Crippen LogP contribution in [0.1, 0.15) is 12.8 Å². The van der Waals surface area contributed by atoms with Crippen molar-refractivity contribution in [2.75, 3.05) is 18.8 Å². The average molecular weight is 301 g/mol. The highest BCUT2D eigenvalue weighted by molar-refractivity contribution is 7.89. The zero-order chi connectivity index (χ0) is 14.8. The second-order valence-electron chi connectivity index (χ2n) is 4.65. The molecule has 0 aliphatic heterocycles. The Morgan fingerprint density at radius 1 is 1.35 bits per heavy atom. The first kappa shape index (κ1) is 14.7. The number of benzene rings is 1. The van der Waals surface area contributed by atoms with Gasteiger partial charge in [0.2, 0.25) is 15.9 Å². The van der Waals surface area contributed by atoms with Gasteiger partial charge < -0.3 is 11.1 Å². The van der Waals surface area contributed by atoms with Gasteiger partial charge in [0.25, 0.3) is 0 Å². The average Bonchev–Trinajstić information content (AvgIpc) is 3.18. The van der Waals surface area contributed by atoms with Crippen LogP contribution in [0.15, 0.2) is 23.1 Å². The topological polar surface area (TPSA) is 101 Å². The number of halogens is 1. The maximum Gasteiger partial charge on any atom is 0.242 e. The third-order valence-corrected chi connectivity index (χ3v) is 4.46. The molecule has 1 saturated carbocycles. The summed E-state index contributed by atoms with van der Waals surface area (Å²) in [5.41, 5.74) is 5.33. The van der Waals surface area contributed by atoms with Gasteiger partial charge in [0.1, 0.15) is 10.7 Å². The van der Waals surface area contributed by atoms with Gasteiger partial charge >= 0.3 is 0 Å². The summed E-state index contributed by atoms with van der Waals surface area (Å²) < 4.78 is 39.0. The van der Waals surface area contributed by atoms with E-state index in [1.807, 2.05) is 0 Å². The molecule has 8 heteroatoms. The second kappa shape index (κ2) is 5.76. The standard InChI is InChI=1S/C12H16FN3O3S/c13-9-3-4-11(10(14)7-9)20(18,19)16-6-5-15-12(17)8-1-2-8/h3-4,7-8,16H,1-2,5-6,14H2,(H,15,17). The van der Waals surface area contributed by atoms with Crippen LogP contribution >= 0.6 is 0 Å². The van der Waals surface area contributed by atoms with Crippen molar-refractivity contribution in [3.05, 3.63) is 24.0 Å². The summed E-state index contributed by atoms with van der Waals surface area (Å²) in [6.45, 7) is 0.257. The smallest absolute Gasteiger partial charge is 0.242 e. The summed E-state index contributed by atoms with van der Waals surface area (Å²) >= 11 is 0. The lowest BCUT2D eigenvalue weighted by molar-refractivity contribution is -0.122. The SMILES string of the molecule is Nc1cc(F)ccc1S(=O)(=O)NCCNC(=O)C1CC1. The van der Waals surface area contributed by atoms with Gasteiger partial charge in [-0.15, -0.1) is 0 Å². The number of nitrogen functional groups attached to an aromatic ring is 1. The number of carbonyl (C=O) groups excluding carboxylic acids is 1. The van der Waals surface area contributed by atoms with E-state index in [2.05, 4.69) is 10.0 Å². The normalized spacial score (nSPS) is 15.1. The van der Waals surface area contributed by atoms with Crippen molar-refractivity contribution in [2.24, 2.45) is 5.92 Å². The summed E-state index contributed by atoms with van der Waals surface area (Å²) in [5.74, 6) is -0.567. The van der Waals surface area contributed by atoms with Crippen molar-refractivity contribution >= 4 is 21.6 Å². The first-order valence-electron chi connectivity index (χ1n) is 6.22. The number of anilines is 1. The van der Waals surface area contributed by atoms with Crippen LogP contribution in [0.25, 0.3) is 0 Å². The number of nitrogens with one attached hydrogen (secondary N) is 2. The van der Waals surface area contributed by atoms with Crippen molar-refractivity contribution in [3.8, 4) is 0 Å². The fraction of sp³-hybridized carbons (Fsp3) is 0.417. The maximum absolute atomic E-state index is 12.9. The van der Waals surface area contributed by atoms with Crippen LogP contribution in [0.3, 0.4) is 0 Å². The molecule has 0 heterocycles. The number of hydrogen-bond acceptors (Lipinski definition) is 4. The van der Waals surface area contributed by atoms with Gasteiger partial charge in [0.05, 0.1) is 5.69 Å². The quantitative estimate of drug-likeness (QED) is 0.516. The molecule has 0 unspecified atom stereocenters. The number of rotatable bonds is 6. The molecule has 0 bridgehead atoms. The molecule has 6 nitrogen and oxygen atoms in total. The lowest BCUT2D eigenvalue weighted by Crippen LogP contribution is -2.35. The number of hydrogen-bond donors (Lipinski definition) is 3. The molecule has 1 amide bonds. The first-order chi connectivity index (χ1) is 9.40. The van der Waals surface area contributed by atoms with Gasteiger partial charge in [-0.25, -0.2) is 17.5 Å². The van der Waals surface area contributed by atoms with Crippen molar-refractivity contribution in [2.45, 2.75) is 17.7 Å². The minimum Gasteiger partial charge on any atom is -0.398 e. The number of amides is 1. The van der Waals surface area contributed by atoms with E-state index in [9.17, 15) is 17.6 Å². The van der Waals surface area contributed by atoms with Crippen LogP contribution < -0.4 is 15.8 Å². The number of nitrogens with two attached hydrogens (primary N) is 1. The van der Waals surface area contributed by atoms with Gasteiger partial charge in [-0.1, -0.05) is 0 Å². The van der Waals surface area contributed by atoms with Gasteiger partial charge in [-0.2, -0.15) is 0 Å². The van der Waals surface area contributed by atoms with Crippen molar-refractivity contribution in [1.29, 1.82) is 0 Å². The molecule has 1 aromatic carbocycles. The highest BCUT2D eigenvalue weighted by Crippen LogP contribution is 2.28. The minimum absolute atomic E-state index is 0.0505. The Balaban J connectivity index is 1.88. The maximum atomic E-state index is 12.9. The van der Waals surface area contributed by atoms with Gasteiger partial charge in [-0.3, -0.25) is 4.79 Å². The van der Waals surface area contributed by atoms with Crippen LogP contribution in [0.2, 0.25) is 0 Å². The molecule has 2 rings (SSSR count). The van der Waals surface area contributed by atoms with Crippen LogP contribution in [0.5, 0.6) is 0 Å². The molecule has 0 aromatic heterocycles. The summed E-state index contributed by atoms with van der Waals surface area (Å²) in [6.07, 6.45) is 1.79. The van der Waals surface area contributed by atoms with E-state index < -0.39 is 15.8 Å². The minimum atomic E-state index is -3.80. The Labute approximate surface area is 116 Å². The number of carbonyl (C=O) groups is 1. The van der Waals surface area contributed by atoms with Crippen LogP contribution in [-0.4, -0.2) is 27.4 Å². The second-order valence-corrected chi connectivity index (χ2v) is 6.38. The molecule has 1 fully saturated rings. The molecular weight excluding hydrogens is 285 g/mol. The summed E-state index contributed by atoms with van der Waals surface area (Å²) in [6, 6.07) is 3.08. The number of sulfonamides is 1. The molecule has 1 aliphatic carbocycles. The Bertz CT molecular complexity index is 614. The Morgan fingerprint density at radius 2 is 2.05 bits per heavy atom. The molecule has 0 saturated heterocycles. The fourth-order valence-corrected chi connectivity index (χ4v) is 2.85. The highest BCUT2D eigenvalue weighted by Gasteiger charge is 2.29. The Kier molecular flexibility index (Phi) is 4.24. The zero-order valence-corrected chi connectivity index (χ0v) is 11.5. The monoisotopic (exact) mass is 301 g/mol. The Morgan fingerprint density at radius 3 is 2.65 bits per heavy atom. The van der Waals surface area contributed by atoms with E-state index in [0.717, 1.165) is 31.0 Å². The van der Waals surface area contributed by atoms with E-state index in [1.165, 1.54) is 0 Å². The molecule has 1 aromatic rings. The predicted octanol–water partition coefficient (Wildman–Crippen LogP) is 0.212. The lowest BCUT2D eigenvalue weighted by Gasteiger charge is -2.09. The van der Waals surface area contributed by atoms with E-state index in [-0.39, 0.29) is 35.5 Å². The fourth-order valence-electron chi connectivity index (χ4n) is 1.70. The largest absolute Gasteiger partial charge is 0.398 e. The third-order valence-electron chi connectivity index (χ3n) is 2.93. The molecule has 4 N–H and O–H groups in total. The van der Waals surface area contributed by atoms with Crippen LogP contribution in [0.4, 0.5) is 10.1 Å². The predicted molar refractivity (Wildman–Crippen MR) is 71.7 cm³/mol. The summed E-state index contributed by atoms with van der Waals surface area (Å²) in [4.78, 5) is 11.2. The molecule has 0 spiro atoms. The Hall–Kier alpha value is -1.67. The van der Waals surface area contributed by atoms with E-state index in [1.54, 1.807) is 0 Å². The molecule has 0 atom stereocenters. The first-order valence-corrected chi connectivity index (χ1v) is 7.71. The van der Waals surface area contributed by atoms with Crippen molar-refractivity contribution in [1.82, 2.24) is 10.0 Å². The van der Waals surface area contributed by atoms with E-state index in [4.69, 9.17) is 5.73 Å². The molecular formula is C12H16FN3O3S. The third kappa shape index (κ3) is 3.67.